The van der Waals surface area contributed by atoms with Gasteiger partial charge in [0.2, 0.25) is 5.52 Å². The Morgan fingerprint density at radius 1 is 1.23 bits per heavy atom. The SMILES string of the molecule is CN1C(=Cc2cc[n+](CCCSCC(N)C(=O)O)c3ccccc23)Sc2ccccc21. The van der Waals surface area contributed by atoms with Gasteiger partial charge in [-0.3, -0.25) is 4.79 Å². The van der Waals surface area contributed by atoms with Gasteiger partial charge in [-0.2, -0.15) is 16.3 Å². The lowest BCUT2D eigenvalue weighted by atomic mass is 10.1. The number of carboxylic acids is 1. The van der Waals surface area contributed by atoms with E-state index in [-0.39, 0.29) is 0 Å². The minimum absolute atomic E-state index is 0.445. The highest BCUT2D eigenvalue weighted by atomic mass is 32.2. The zero-order valence-corrected chi connectivity index (χ0v) is 19.0. The molecule has 1 aliphatic heterocycles. The van der Waals surface area contributed by atoms with Crippen molar-refractivity contribution < 1.29 is 14.5 Å². The molecule has 1 aliphatic rings. The van der Waals surface area contributed by atoms with E-state index in [9.17, 15) is 4.79 Å². The summed E-state index contributed by atoms with van der Waals surface area (Å²) in [6.45, 7) is 0.882. The number of rotatable bonds is 8. The summed E-state index contributed by atoms with van der Waals surface area (Å²) in [5, 5.41) is 11.3. The zero-order chi connectivity index (χ0) is 21.8. The molecule has 0 fully saturated rings. The fourth-order valence-electron chi connectivity index (χ4n) is 3.63. The van der Waals surface area contributed by atoms with Gasteiger partial charge in [0.25, 0.3) is 0 Å². The molecule has 7 heteroatoms. The summed E-state index contributed by atoms with van der Waals surface area (Å²) in [6.07, 6.45) is 5.37. The number of aromatic nitrogens is 1. The minimum atomic E-state index is -0.938. The van der Waals surface area contributed by atoms with Crippen LogP contribution in [0.5, 0.6) is 0 Å². The highest BCUT2D eigenvalue weighted by molar-refractivity contribution is 8.03. The first-order valence-electron chi connectivity index (χ1n) is 10.2. The van der Waals surface area contributed by atoms with E-state index >= 15 is 0 Å². The Hall–Kier alpha value is -2.48. The molecule has 1 unspecified atom stereocenters. The zero-order valence-electron chi connectivity index (χ0n) is 17.4. The molecule has 0 spiro atoms. The van der Waals surface area contributed by atoms with E-state index in [0.717, 1.165) is 18.7 Å². The van der Waals surface area contributed by atoms with Crippen molar-refractivity contribution in [3.63, 3.8) is 0 Å². The van der Waals surface area contributed by atoms with Gasteiger partial charge in [0.1, 0.15) is 12.6 Å². The van der Waals surface area contributed by atoms with E-state index in [1.165, 1.54) is 32.1 Å². The van der Waals surface area contributed by atoms with Crippen LogP contribution < -0.4 is 15.2 Å². The Kier molecular flexibility index (Phi) is 6.85. The Morgan fingerprint density at radius 3 is 2.81 bits per heavy atom. The van der Waals surface area contributed by atoms with Crippen LogP contribution in [0.25, 0.3) is 17.0 Å². The number of pyridine rings is 1. The molecular formula is C24H26N3O2S2+. The number of aliphatic carboxylic acids is 1. The molecule has 0 amide bonds. The van der Waals surface area contributed by atoms with Crippen molar-refractivity contribution in [3.05, 3.63) is 71.4 Å². The van der Waals surface area contributed by atoms with Crippen molar-refractivity contribution in [3.8, 4) is 0 Å². The van der Waals surface area contributed by atoms with Gasteiger partial charge in [0.15, 0.2) is 6.20 Å². The summed E-state index contributed by atoms with van der Waals surface area (Å²) in [6, 6.07) is 18.3. The number of hydrogen-bond donors (Lipinski definition) is 2. The average molecular weight is 453 g/mol. The number of benzene rings is 2. The summed E-state index contributed by atoms with van der Waals surface area (Å²) < 4.78 is 2.27. The number of thioether (sulfide) groups is 2. The first-order valence-corrected chi connectivity index (χ1v) is 12.2. The van der Waals surface area contributed by atoms with Crippen molar-refractivity contribution in [2.45, 2.75) is 23.9 Å². The predicted molar refractivity (Wildman–Crippen MR) is 130 cm³/mol. The molecule has 3 N–H and O–H groups in total. The average Bonchev–Trinajstić information content (AvgIpc) is 3.10. The molecule has 0 radical (unpaired) electrons. The lowest BCUT2D eigenvalue weighted by molar-refractivity contribution is -0.671. The molecule has 160 valence electrons. The second-order valence-corrected chi connectivity index (χ2v) is 9.68. The Bertz CT molecular complexity index is 1130. The molecule has 2 aromatic carbocycles. The minimum Gasteiger partial charge on any atom is -0.480 e. The summed E-state index contributed by atoms with van der Waals surface area (Å²) in [5.74, 6) is 0.390. The molecule has 2 heterocycles. The third-order valence-corrected chi connectivity index (χ3v) is 7.65. The molecular weight excluding hydrogens is 426 g/mol. The molecule has 1 aromatic heterocycles. The van der Waals surface area contributed by atoms with Gasteiger partial charge in [-0.15, -0.1) is 0 Å². The summed E-state index contributed by atoms with van der Waals surface area (Å²) >= 11 is 3.40. The number of nitrogens with two attached hydrogens (primary N) is 1. The molecule has 0 bridgehead atoms. The Balaban J connectivity index is 1.50. The van der Waals surface area contributed by atoms with Gasteiger partial charge in [-0.1, -0.05) is 36.0 Å². The standard InChI is InChI=1S/C24H25N3O2S2/c1-26-21-9-4-5-10-22(21)31-23(26)15-17-11-13-27(20-8-3-2-7-18(17)20)12-6-14-30-16-19(25)24(28)29/h2-5,7-11,13,15,19H,6,12,14,16,25H2,1H3/p+1. The first kappa shape index (κ1) is 21.7. The van der Waals surface area contributed by atoms with Crippen molar-refractivity contribution in [1.29, 1.82) is 0 Å². The van der Waals surface area contributed by atoms with Crippen LogP contribution in [0.3, 0.4) is 0 Å². The van der Waals surface area contributed by atoms with Gasteiger partial charge in [0, 0.05) is 36.2 Å². The van der Waals surface area contributed by atoms with Crippen LogP contribution in [-0.2, 0) is 11.3 Å². The van der Waals surface area contributed by atoms with E-state index < -0.39 is 12.0 Å². The number of nitrogens with zero attached hydrogens (tertiary/aromatic N) is 2. The smallest absolute Gasteiger partial charge is 0.321 e. The topological polar surface area (TPSA) is 70.4 Å². The second kappa shape index (κ2) is 9.77. The number of hydrogen-bond acceptors (Lipinski definition) is 5. The summed E-state index contributed by atoms with van der Waals surface area (Å²) in [7, 11) is 2.11. The molecule has 5 nitrogen and oxygen atoms in total. The highest BCUT2D eigenvalue weighted by Gasteiger charge is 2.22. The molecule has 0 aliphatic carbocycles. The lowest BCUT2D eigenvalue weighted by Crippen LogP contribution is -2.35. The van der Waals surface area contributed by atoms with Gasteiger partial charge >= 0.3 is 5.97 Å². The van der Waals surface area contributed by atoms with Gasteiger partial charge in [-0.05, 0) is 35.6 Å². The second-order valence-electron chi connectivity index (χ2n) is 7.47. The third-order valence-electron chi connectivity index (χ3n) is 5.31. The fourth-order valence-corrected chi connectivity index (χ4v) is 5.63. The maximum absolute atomic E-state index is 10.8. The van der Waals surface area contributed by atoms with Crippen molar-refractivity contribution >= 4 is 52.2 Å². The number of para-hydroxylation sites is 2. The van der Waals surface area contributed by atoms with E-state index in [1.807, 2.05) is 0 Å². The number of aryl methyl sites for hydroxylation is 1. The lowest BCUT2D eigenvalue weighted by Gasteiger charge is -2.13. The monoisotopic (exact) mass is 452 g/mol. The molecule has 3 aromatic rings. The van der Waals surface area contributed by atoms with Crippen molar-refractivity contribution in [2.75, 3.05) is 23.5 Å². The van der Waals surface area contributed by atoms with Gasteiger partial charge in [-0.25, -0.2) is 0 Å². The van der Waals surface area contributed by atoms with Crippen LogP contribution in [0, 0.1) is 0 Å². The van der Waals surface area contributed by atoms with Gasteiger partial charge in [0.05, 0.1) is 16.1 Å². The van der Waals surface area contributed by atoms with E-state index in [1.54, 1.807) is 23.5 Å². The molecule has 1 atom stereocenters. The molecule has 31 heavy (non-hydrogen) atoms. The number of anilines is 1. The van der Waals surface area contributed by atoms with Gasteiger partial charge < -0.3 is 15.7 Å². The largest absolute Gasteiger partial charge is 0.480 e. The maximum Gasteiger partial charge on any atom is 0.321 e. The fraction of sp³-hybridized carbons (Fsp3) is 0.250. The molecule has 4 rings (SSSR count). The first-order chi connectivity index (χ1) is 15.0. The highest BCUT2D eigenvalue weighted by Crippen LogP contribution is 2.45. The van der Waals surface area contributed by atoms with Crippen LogP contribution in [-0.4, -0.2) is 35.7 Å². The van der Waals surface area contributed by atoms with Crippen LogP contribution in [0.1, 0.15) is 12.0 Å². The number of carbonyl (C=O) groups is 1. The van der Waals surface area contributed by atoms with Crippen LogP contribution in [0.2, 0.25) is 0 Å². The molecule has 0 saturated heterocycles. The number of fused-ring (bicyclic) bond motifs is 2. The molecule has 0 saturated carbocycles. The van der Waals surface area contributed by atoms with Crippen LogP contribution in [0.15, 0.2) is 70.7 Å². The Morgan fingerprint density at radius 2 is 2.00 bits per heavy atom. The number of carboxylic acid groups (broad SMARTS) is 1. The normalized spacial score (nSPS) is 15.4. The van der Waals surface area contributed by atoms with E-state index in [2.05, 4.69) is 83.4 Å². The quantitative estimate of drug-likeness (QED) is 0.394. The summed E-state index contributed by atoms with van der Waals surface area (Å²) in [5.41, 5.74) is 9.22. The van der Waals surface area contributed by atoms with Crippen LogP contribution >= 0.6 is 23.5 Å². The summed E-state index contributed by atoms with van der Waals surface area (Å²) in [4.78, 5) is 14.3. The van der Waals surface area contributed by atoms with Crippen molar-refractivity contribution in [2.24, 2.45) is 5.73 Å². The maximum atomic E-state index is 10.8. The van der Waals surface area contributed by atoms with Crippen molar-refractivity contribution in [1.82, 2.24) is 0 Å². The third kappa shape index (κ3) is 4.89. The van der Waals surface area contributed by atoms with E-state index in [4.69, 9.17) is 10.8 Å². The van der Waals surface area contributed by atoms with Crippen LogP contribution in [0.4, 0.5) is 5.69 Å². The Labute approximate surface area is 190 Å². The predicted octanol–water partition coefficient (Wildman–Crippen LogP) is 4.20. The van der Waals surface area contributed by atoms with E-state index in [0.29, 0.717) is 5.75 Å².